The number of rotatable bonds is 3. The summed E-state index contributed by atoms with van der Waals surface area (Å²) in [5, 5.41) is 4.73. The van der Waals surface area contributed by atoms with Crippen molar-refractivity contribution >= 4 is 28.8 Å². The van der Waals surface area contributed by atoms with Crippen molar-refractivity contribution in [2.24, 2.45) is 5.73 Å². The zero-order valence-corrected chi connectivity index (χ0v) is 11.2. The first-order chi connectivity index (χ1) is 8.49. The van der Waals surface area contributed by atoms with Crippen molar-refractivity contribution in [1.29, 1.82) is 0 Å². The lowest BCUT2D eigenvalue weighted by molar-refractivity contribution is 0.622. The minimum atomic E-state index is -0.364. The number of hydrogen-bond acceptors (Lipinski definition) is 2. The lowest BCUT2D eigenvalue weighted by Crippen LogP contribution is -2.15. The summed E-state index contributed by atoms with van der Waals surface area (Å²) in [7, 11) is 0. The Bertz CT molecular complexity index is 609. The lowest BCUT2D eigenvalue weighted by atomic mass is 10.1. The molecule has 0 unspecified atom stereocenters. The van der Waals surface area contributed by atoms with Crippen LogP contribution in [-0.4, -0.2) is 14.8 Å². The molecule has 0 saturated heterocycles. The Hall–Kier alpha value is -1.46. The largest absolute Gasteiger partial charge is 0.389 e. The molecule has 0 aliphatic carbocycles. The van der Waals surface area contributed by atoms with Gasteiger partial charge in [0.05, 0.1) is 23.5 Å². The smallest absolute Gasteiger partial charge is 0.123 e. The third-order valence-electron chi connectivity index (χ3n) is 2.70. The SMILES string of the molecule is Cc1c(Cl)cnn1Cc1ccc(F)cc1C(N)=S. The van der Waals surface area contributed by atoms with Crippen LogP contribution in [0, 0.1) is 12.7 Å². The summed E-state index contributed by atoms with van der Waals surface area (Å²) < 4.78 is 14.9. The average molecular weight is 284 g/mol. The molecule has 0 radical (unpaired) electrons. The number of thiocarbonyl (C=S) groups is 1. The van der Waals surface area contributed by atoms with Crippen molar-refractivity contribution in [3.63, 3.8) is 0 Å². The van der Waals surface area contributed by atoms with E-state index < -0.39 is 0 Å². The fourth-order valence-electron chi connectivity index (χ4n) is 1.66. The van der Waals surface area contributed by atoms with Crippen molar-refractivity contribution in [2.45, 2.75) is 13.5 Å². The number of aromatic nitrogens is 2. The summed E-state index contributed by atoms with van der Waals surface area (Å²) in [5.74, 6) is -0.364. The molecule has 0 fully saturated rings. The van der Waals surface area contributed by atoms with Gasteiger partial charge < -0.3 is 5.73 Å². The van der Waals surface area contributed by atoms with Crippen LogP contribution in [0.3, 0.4) is 0 Å². The van der Waals surface area contributed by atoms with Gasteiger partial charge in [-0.05, 0) is 24.6 Å². The van der Waals surface area contributed by atoms with Crippen LogP contribution in [-0.2, 0) is 6.54 Å². The topological polar surface area (TPSA) is 43.8 Å². The summed E-state index contributed by atoms with van der Waals surface area (Å²) in [6.45, 7) is 2.31. The van der Waals surface area contributed by atoms with Crippen molar-refractivity contribution < 1.29 is 4.39 Å². The highest BCUT2D eigenvalue weighted by Gasteiger charge is 2.10. The van der Waals surface area contributed by atoms with Gasteiger partial charge in [0.2, 0.25) is 0 Å². The molecule has 1 heterocycles. The summed E-state index contributed by atoms with van der Waals surface area (Å²) in [4.78, 5) is 0.167. The van der Waals surface area contributed by atoms with E-state index in [4.69, 9.17) is 29.6 Å². The van der Waals surface area contributed by atoms with Crippen LogP contribution in [0.5, 0.6) is 0 Å². The van der Waals surface area contributed by atoms with Gasteiger partial charge in [0, 0.05) is 5.56 Å². The Morgan fingerprint density at radius 3 is 2.83 bits per heavy atom. The third kappa shape index (κ3) is 2.52. The predicted molar refractivity (Wildman–Crippen MR) is 73.4 cm³/mol. The minimum absolute atomic E-state index is 0.167. The van der Waals surface area contributed by atoms with Crippen LogP contribution in [0.25, 0.3) is 0 Å². The van der Waals surface area contributed by atoms with E-state index in [0.717, 1.165) is 11.3 Å². The summed E-state index contributed by atoms with van der Waals surface area (Å²) in [6, 6.07) is 4.36. The fourth-order valence-corrected chi connectivity index (χ4v) is 1.99. The normalized spacial score (nSPS) is 10.6. The predicted octanol–water partition coefficient (Wildman–Crippen LogP) is 2.67. The highest BCUT2D eigenvalue weighted by molar-refractivity contribution is 7.80. The van der Waals surface area contributed by atoms with E-state index in [1.54, 1.807) is 16.9 Å². The zero-order chi connectivity index (χ0) is 13.3. The molecule has 0 aliphatic rings. The van der Waals surface area contributed by atoms with Gasteiger partial charge in [-0.15, -0.1) is 0 Å². The molecular weight excluding hydrogens is 273 g/mol. The van der Waals surface area contributed by atoms with Gasteiger partial charge in [-0.25, -0.2) is 4.39 Å². The minimum Gasteiger partial charge on any atom is -0.389 e. The second-order valence-corrected chi connectivity index (χ2v) is 4.75. The van der Waals surface area contributed by atoms with Gasteiger partial charge in [-0.1, -0.05) is 29.9 Å². The summed E-state index contributed by atoms with van der Waals surface area (Å²) in [6.07, 6.45) is 1.57. The molecule has 2 rings (SSSR count). The van der Waals surface area contributed by atoms with E-state index in [-0.39, 0.29) is 10.8 Å². The van der Waals surface area contributed by atoms with Gasteiger partial charge in [0.15, 0.2) is 0 Å². The molecule has 1 aromatic heterocycles. The first-order valence-corrected chi connectivity index (χ1v) is 6.04. The second kappa shape index (κ2) is 5.04. The van der Waals surface area contributed by atoms with Gasteiger partial charge >= 0.3 is 0 Å². The van der Waals surface area contributed by atoms with E-state index in [1.165, 1.54) is 12.1 Å². The molecule has 0 bridgehead atoms. The van der Waals surface area contributed by atoms with Crippen molar-refractivity contribution in [2.75, 3.05) is 0 Å². The molecule has 1 aromatic carbocycles. The quantitative estimate of drug-likeness (QED) is 0.881. The van der Waals surface area contributed by atoms with Gasteiger partial charge in [0.1, 0.15) is 10.8 Å². The number of benzene rings is 1. The lowest BCUT2D eigenvalue weighted by Gasteiger charge is -2.10. The maximum absolute atomic E-state index is 13.2. The fraction of sp³-hybridized carbons (Fsp3) is 0.167. The van der Waals surface area contributed by atoms with Crippen LogP contribution in [0.2, 0.25) is 5.02 Å². The summed E-state index contributed by atoms with van der Waals surface area (Å²) >= 11 is 10.8. The van der Waals surface area contributed by atoms with E-state index >= 15 is 0 Å². The highest BCUT2D eigenvalue weighted by Crippen LogP contribution is 2.17. The van der Waals surface area contributed by atoms with E-state index in [0.29, 0.717) is 17.1 Å². The Labute approximate surface area is 114 Å². The van der Waals surface area contributed by atoms with Crippen LogP contribution >= 0.6 is 23.8 Å². The maximum atomic E-state index is 13.2. The van der Waals surface area contributed by atoms with Gasteiger partial charge in [0.25, 0.3) is 0 Å². The molecule has 18 heavy (non-hydrogen) atoms. The van der Waals surface area contributed by atoms with Crippen molar-refractivity contribution in [1.82, 2.24) is 9.78 Å². The van der Waals surface area contributed by atoms with Gasteiger partial charge in [-0.2, -0.15) is 5.10 Å². The molecule has 2 aromatic rings. The third-order valence-corrected chi connectivity index (χ3v) is 3.29. The molecule has 6 heteroatoms. The van der Waals surface area contributed by atoms with Crippen LogP contribution in [0.15, 0.2) is 24.4 Å². The molecule has 0 spiro atoms. The number of halogens is 2. The van der Waals surface area contributed by atoms with Crippen LogP contribution in [0.4, 0.5) is 4.39 Å². The first-order valence-electron chi connectivity index (χ1n) is 5.25. The van der Waals surface area contributed by atoms with Crippen molar-refractivity contribution in [3.8, 4) is 0 Å². The van der Waals surface area contributed by atoms with E-state index in [2.05, 4.69) is 5.10 Å². The highest BCUT2D eigenvalue weighted by atomic mass is 35.5. The van der Waals surface area contributed by atoms with E-state index in [1.807, 2.05) is 6.92 Å². The second-order valence-electron chi connectivity index (χ2n) is 3.90. The van der Waals surface area contributed by atoms with Gasteiger partial charge in [-0.3, -0.25) is 4.68 Å². The number of hydrogen-bond donors (Lipinski definition) is 1. The maximum Gasteiger partial charge on any atom is 0.123 e. The molecule has 0 amide bonds. The molecule has 94 valence electrons. The standard InChI is InChI=1S/C12H11ClFN3S/c1-7-11(13)5-16-17(7)6-8-2-3-9(14)4-10(8)12(15)18/h2-5H,6H2,1H3,(H2,15,18). The number of nitrogens with zero attached hydrogens (tertiary/aromatic N) is 2. The Morgan fingerprint density at radius 2 is 2.28 bits per heavy atom. The Balaban J connectivity index is 2.40. The molecule has 0 aliphatic heterocycles. The van der Waals surface area contributed by atoms with Crippen molar-refractivity contribution in [3.05, 3.63) is 52.1 Å². The van der Waals surface area contributed by atoms with E-state index in [9.17, 15) is 4.39 Å². The molecule has 0 saturated carbocycles. The van der Waals surface area contributed by atoms with Crippen LogP contribution < -0.4 is 5.73 Å². The number of nitrogens with two attached hydrogens (primary N) is 1. The molecule has 0 atom stereocenters. The molecular formula is C12H11ClFN3S. The summed E-state index contributed by atoms with van der Waals surface area (Å²) in [5.41, 5.74) is 7.77. The molecule has 3 nitrogen and oxygen atoms in total. The first kappa shape index (κ1) is 13.0. The zero-order valence-electron chi connectivity index (χ0n) is 9.65. The molecule has 2 N–H and O–H groups in total. The Kier molecular flexibility index (Phi) is 3.63. The average Bonchev–Trinajstić information content (AvgIpc) is 2.63. The monoisotopic (exact) mass is 283 g/mol. The van der Waals surface area contributed by atoms with Crippen LogP contribution in [0.1, 0.15) is 16.8 Å². The Morgan fingerprint density at radius 1 is 1.56 bits per heavy atom.